The SMILES string of the molecule is O=C(c1ccco1)N(Cc1ccccc1)Cc1cccn1Cc1cccc(F)c1. The lowest BCUT2D eigenvalue weighted by molar-refractivity contribution is 0.0694. The van der Waals surface area contributed by atoms with E-state index in [2.05, 4.69) is 0 Å². The van der Waals surface area contributed by atoms with Crippen LogP contribution in [-0.2, 0) is 19.6 Å². The Morgan fingerprint density at radius 3 is 2.48 bits per heavy atom. The van der Waals surface area contributed by atoms with Crippen LogP contribution in [-0.4, -0.2) is 15.4 Å². The molecule has 0 unspecified atom stereocenters. The molecular formula is C24H21FN2O2. The highest BCUT2D eigenvalue weighted by Gasteiger charge is 2.20. The third-order valence-corrected chi connectivity index (χ3v) is 4.75. The van der Waals surface area contributed by atoms with Crippen LogP contribution in [0, 0.1) is 5.82 Å². The minimum atomic E-state index is -0.255. The average molecular weight is 388 g/mol. The van der Waals surface area contributed by atoms with E-state index in [4.69, 9.17) is 4.42 Å². The molecule has 5 heteroatoms. The van der Waals surface area contributed by atoms with Crippen molar-refractivity contribution < 1.29 is 13.6 Å². The van der Waals surface area contributed by atoms with Crippen LogP contribution in [0.4, 0.5) is 4.39 Å². The van der Waals surface area contributed by atoms with E-state index in [1.165, 1.54) is 18.4 Å². The van der Waals surface area contributed by atoms with Crippen molar-refractivity contribution in [1.82, 2.24) is 9.47 Å². The van der Waals surface area contributed by atoms with Crippen LogP contribution in [0.15, 0.2) is 95.7 Å². The molecule has 2 aromatic carbocycles. The van der Waals surface area contributed by atoms with E-state index >= 15 is 0 Å². The Bertz CT molecular complexity index is 1070. The zero-order chi connectivity index (χ0) is 20.1. The largest absolute Gasteiger partial charge is 0.459 e. The molecule has 2 heterocycles. The molecule has 0 fully saturated rings. The molecule has 29 heavy (non-hydrogen) atoms. The Morgan fingerprint density at radius 2 is 1.72 bits per heavy atom. The molecule has 0 saturated carbocycles. The number of carbonyl (C=O) groups excluding carboxylic acids is 1. The summed E-state index contributed by atoms with van der Waals surface area (Å²) in [6.07, 6.45) is 3.44. The van der Waals surface area contributed by atoms with Crippen LogP contribution in [0.5, 0.6) is 0 Å². The molecule has 4 nitrogen and oxygen atoms in total. The van der Waals surface area contributed by atoms with Gasteiger partial charge < -0.3 is 13.9 Å². The zero-order valence-electron chi connectivity index (χ0n) is 15.9. The number of amides is 1. The summed E-state index contributed by atoms with van der Waals surface area (Å²) in [6.45, 7) is 1.41. The van der Waals surface area contributed by atoms with Gasteiger partial charge in [0.1, 0.15) is 5.82 Å². The predicted octanol–water partition coefficient (Wildman–Crippen LogP) is 5.11. The van der Waals surface area contributed by atoms with Crippen molar-refractivity contribution in [1.29, 1.82) is 0 Å². The summed E-state index contributed by atoms with van der Waals surface area (Å²) >= 11 is 0. The summed E-state index contributed by atoms with van der Waals surface area (Å²) in [6, 6.07) is 23.7. The molecule has 4 rings (SSSR count). The molecule has 1 amide bonds. The number of hydrogen-bond donors (Lipinski definition) is 0. The molecule has 0 aliphatic rings. The van der Waals surface area contributed by atoms with Crippen molar-refractivity contribution in [3.63, 3.8) is 0 Å². The molecule has 0 radical (unpaired) electrons. The molecule has 0 spiro atoms. The topological polar surface area (TPSA) is 38.4 Å². The summed E-state index contributed by atoms with van der Waals surface area (Å²) in [7, 11) is 0. The standard InChI is InChI=1S/C24H21FN2O2/c25-21-10-4-9-20(15-21)17-26-13-5-11-22(26)18-27(16-19-7-2-1-3-8-19)24(28)23-12-6-14-29-23/h1-15H,16-18H2. The van der Waals surface area contributed by atoms with Gasteiger partial charge >= 0.3 is 0 Å². The number of furan rings is 1. The van der Waals surface area contributed by atoms with E-state index in [9.17, 15) is 9.18 Å². The fourth-order valence-corrected chi connectivity index (χ4v) is 3.33. The van der Waals surface area contributed by atoms with E-state index in [-0.39, 0.29) is 11.7 Å². The van der Waals surface area contributed by atoms with Gasteiger partial charge in [0.2, 0.25) is 0 Å². The van der Waals surface area contributed by atoms with Crippen molar-refractivity contribution in [3.8, 4) is 0 Å². The Labute approximate surface area is 168 Å². The first-order valence-electron chi connectivity index (χ1n) is 9.44. The van der Waals surface area contributed by atoms with Crippen molar-refractivity contribution in [3.05, 3.63) is 120 Å². The van der Waals surface area contributed by atoms with E-state index in [0.717, 1.165) is 16.8 Å². The maximum atomic E-state index is 13.5. The van der Waals surface area contributed by atoms with Gasteiger partial charge in [-0.1, -0.05) is 42.5 Å². The van der Waals surface area contributed by atoms with Gasteiger partial charge in [0.25, 0.3) is 5.91 Å². The normalized spacial score (nSPS) is 10.8. The van der Waals surface area contributed by atoms with Gasteiger partial charge in [0.15, 0.2) is 5.76 Å². The highest BCUT2D eigenvalue weighted by atomic mass is 19.1. The van der Waals surface area contributed by atoms with Crippen LogP contribution >= 0.6 is 0 Å². The third kappa shape index (κ3) is 4.63. The first-order valence-corrected chi connectivity index (χ1v) is 9.44. The Morgan fingerprint density at radius 1 is 0.897 bits per heavy atom. The zero-order valence-corrected chi connectivity index (χ0v) is 15.9. The first-order chi connectivity index (χ1) is 14.2. The lowest BCUT2D eigenvalue weighted by Crippen LogP contribution is -2.30. The van der Waals surface area contributed by atoms with E-state index in [1.54, 1.807) is 23.1 Å². The second-order valence-electron chi connectivity index (χ2n) is 6.88. The highest BCUT2D eigenvalue weighted by molar-refractivity contribution is 5.91. The number of aromatic nitrogens is 1. The highest BCUT2D eigenvalue weighted by Crippen LogP contribution is 2.17. The summed E-state index contributed by atoms with van der Waals surface area (Å²) in [5, 5.41) is 0. The van der Waals surface area contributed by atoms with E-state index < -0.39 is 0 Å². The minimum Gasteiger partial charge on any atom is -0.459 e. The number of carbonyl (C=O) groups is 1. The Kier molecular flexibility index (Phi) is 5.56. The van der Waals surface area contributed by atoms with Crippen LogP contribution in [0.1, 0.15) is 27.4 Å². The van der Waals surface area contributed by atoms with Gasteiger partial charge in [-0.05, 0) is 47.5 Å². The molecule has 0 aliphatic heterocycles. The first kappa shape index (κ1) is 18.7. The second kappa shape index (κ2) is 8.61. The summed E-state index contributed by atoms with van der Waals surface area (Å²) in [5.41, 5.74) is 2.87. The van der Waals surface area contributed by atoms with Gasteiger partial charge in [-0.15, -0.1) is 0 Å². The lowest BCUT2D eigenvalue weighted by atomic mass is 10.2. The fraction of sp³-hybridized carbons (Fsp3) is 0.125. The summed E-state index contributed by atoms with van der Waals surface area (Å²) in [5.74, 6) is -0.114. The molecule has 0 aliphatic carbocycles. The maximum absolute atomic E-state index is 13.5. The fourth-order valence-electron chi connectivity index (χ4n) is 3.33. The van der Waals surface area contributed by atoms with E-state index in [1.807, 2.05) is 59.3 Å². The Balaban J connectivity index is 1.58. The van der Waals surface area contributed by atoms with Gasteiger partial charge in [-0.2, -0.15) is 0 Å². The molecule has 0 bridgehead atoms. The minimum absolute atomic E-state index is 0.169. The van der Waals surface area contributed by atoms with Gasteiger partial charge in [0.05, 0.1) is 12.8 Å². The molecule has 146 valence electrons. The van der Waals surface area contributed by atoms with Gasteiger partial charge in [0, 0.05) is 25.0 Å². The predicted molar refractivity (Wildman–Crippen MR) is 109 cm³/mol. The van der Waals surface area contributed by atoms with Crippen LogP contribution in [0.2, 0.25) is 0 Å². The number of nitrogens with zero attached hydrogens (tertiary/aromatic N) is 2. The Hall–Kier alpha value is -3.60. The quantitative estimate of drug-likeness (QED) is 0.441. The van der Waals surface area contributed by atoms with Crippen molar-refractivity contribution in [2.24, 2.45) is 0 Å². The molecule has 4 aromatic rings. The van der Waals surface area contributed by atoms with Crippen LogP contribution in [0.25, 0.3) is 0 Å². The van der Waals surface area contributed by atoms with Gasteiger partial charge in [-0.25, -0.2) is 4.39 Å². The third-order valence-electron chi connectivity index (χ3n) is 4.75. The molecular weight excluding hydrogens is 367 g/mol. The molecule has 0 saturated heterocycles. The number of hydrogen-bond acceptors (Lipinski definition) is 2. The number of rotatable bonds is 7. The molecule has 0 N–H and O–H groups in total. The van der Waals surface area contributed by atoms with Crippen LogP contribution in [0.3, 0.4) is 0 Å². The van der Waals surface area contributed by atoms with Crippen LogP contribution < -0.4 is 0 Å². The monoisotopic (exact) mass is 388 g/mol. The van der Waals surface area contributed by atoms with Gasteiger partial charge in [-0.3, -0.25) is 4.79 Å². The smallest absolute Gasteiger partial charge is 0.290 e. The number of halogens is 1. The van der Waals surface area contributed by atoms with Crippen molar-refractivity contribution in [2.75, 3.05) is 0 Å². The van der Waals surface area contributed by atoms with E-state index in [0.29, 0.717) is 25.4 Å². The molecule has 2 aromatic heterocycles. The maximum Gasteiger partial charge on any atom is 0.290 e. The average Bonchev–Trinajstić information content (AvgIpc) is 3.40. The second-order valence-corrected chi connectivity index (χ2v) is 6.88. The number of benzene rings is 2. The van der Waals surface area contributed by atoms with Crippen molar-refractivity contribution >= 4 is 5.91 Å². The summed E-state index contributed by atoms with van der Waals surface area (Å²) < 4.78 is 20.9. The lowest BCUT2D eigenvalue weighted by Gasteiger charge is -2.23. The van der Waals surface area contributed by atoms with Crippen molar-refractivity contribution in [2.45, 2.75) is 19.6 Å². The summed E-state index contributed by atoms with van der Waals surface area (Å²) in [4.78, 5) is 14.8. The molecule has 0 atom stereocenters.